The van der Waals surface area contributed by atoms with Gasteiger partial charge in [-0.25, -0.2) is 4.79 Å². The molecule has 1 atom stereocenters. The van der Waals surface area contributed by atoms with E-state index in [1.165, 1.54) is 11.8 Å². The molecule has 0 saturated carbocycles. The fourth-order valence-electron chi connectivity index (χ4n) is 2.37. The maximum Gasteiger partial charge on any atom is 0.437 e. The van der Waals surface area contributed by atoms with Crippen LogP contribution in [0.2, 0.25) is 0 Å². The number of aromatic nitrogens is 2. The van der Waals surface area contributed by atoms with E-state index < -0.39 is 5.76 Å². The normalized spacial score (nSPS) is 12.1. The summed E-state index contributed by atoms with van der Waals surface area (Å²) in [6.45, 7) is 4.05. The summed E-state index contributed by atoms with van der Waals surface area (Å²) in [6.07, 6.45) is 2.50. The first-order valence-corrected chi connectivity index (χ1v) is 8.08. The topological polar surface area (TPSA) is 90.3 Å². The van der Waals surface area contributed by atoms with Crippen LogP contribution in [0.25, 0.3) is 11.7 Å². The first-order chi connectivity index (χ1) is 12.1. The molecule has 3 rings (SSSR count). The molecule has 2 aromatic heterocycles. The van der Waals surface area contributed by atoms with Crippen molar-refractivity contribution in [3.05, 3.63) is 58.8 Å². The molecule has 7 nitrogen and oxygen atoms in total. The van der Waals surface area contributed by atoms with Crippen molar-refractivity contribution in [2.45, 2.75) is 32.7 Å². The third-order valence-electron chi connectivity index (χ3n) is 4.01. The molecule has 7 heteroatoms. The zero-order valence-corrected chi connectivity index (χ0v) is 14.1. The van der Waals surface area contributed by atoms with E-state index in [4.69, 9.17) is 8.83 Å². The van der Waals surface area contributed by atoms with Crippen molar-refractivity contribution in [2.75, 3.05) is 5.32 Å². The monoisotopic (exact) mass is 341 g/mol. The van der Waals surface area contributed by atoms with Crippen LogP contribution in [0, 0.1) is 0 Å². The molecule has 0 bridgehead atoms. The second-order valence-electron chi connectivity index (χ2n) is 5.79. The fourth-order valence-corrected chi connectivity index (χ4v) is 2.37. The first-order valence-electron chi connectivity index (χ1n) is 8.08. The van der Waals surface area contributed by atoms with Crippen molar-refractivity contribution in [1.29, 1.82) is 0 Å². The molecule has 0 aliphatic carbocycles. The third kappa shape index (κ3) is 3.88. The largest absolute Gasteiger partial charge is 0.459 e. The van der Waals surface area contributed by atoms with Crippen molar-refractivity contribution in [1.82, 2.24) is 9.78 Å². The fraction of sp³-hybridized carbons (Fsp3) is 0.278. The van der Waals surface area contributed by atoms with Gasteiger partial charge in [-0.15, -0.1) is 5.10 Å². The van der Waals surface area contributed by atoms with E-state index in [9.17, 15) is 9.59 Å². The van der Waals surface area contributed by atoms with Crippen molar-refractivity contribution >= 4 is 11.6 Å². The van der Waals surface area contributed by atoms with Crippen LogP contribution in [0.3, 0.4) is 0 Å². The highest BCUT2D eigenvalue weighted by molar-refractivity contribution is 5.90. The molecule has 0 fully saturated rings. The van der Waals surface area contributed by atoms with Gasteiger partial charge in [0.2, 0.25) is 5.91 Å². The highest BCUT2D eigenvalue weighted by Gasteiger charge is 2.15. The maximum atomic E-state index is 12.1. The Balaban J connectivity index is 1.66. The van der Waals surface area contributed by atoms with Gasteiger partial charge in [-0.05, 0) is 42.2 Å². The van der Waals surface area contributed by atoms with Crippen LogP contribution in [0.1, 0.15) is 31.7 Å². The summed E-state index contributed by atoms with van der Waals surface area (Å²) in [5.74, 6) is -0.234. The number of anilines is 1. The minimum absolute atomic E-state index is 0.0423. The van der Waals surface area contributed by atoms with E-state index in [1.54, 1.807) is 12.1 Å². The minimum atomic E-state index is -0.714. The molecule has 1 unspecified atom stereocenters. The van der Waals surface area contributed by atoms with Crippen molar-refractivity contribution in [3.8, 4) is 11.7 Å². The highest BCUT2D eigenvalue weighted by atomic mass is 16.4. The lowest BCUT2D eigenvalue weighted by molar-refractivity contribution is -0.117. The molecule has 2 heterocycles. The van der Waals surface area contributed by atoms with Gasteiger partial charge < -0.3 is 14.2 Å². The number of furan rings is 1. The zero-order chi connectivity index (χ0) is 17.8. The first kappa shape index (κ1) is 16.8. The Morgan fingerprint density at radius 2 is 2.04 bits per heavy atom. The molecule has 0 saturated heterocycles. The van der Waals surface area contributed by atoms with Gasteiger partial charge in [0, 0.05) is 5.69 Å². The number of nitrogens with one attached hydrogen (secondary N) is 1. The molecule has 0 spiro atoms. The van der Waals surface area contributed by atoms with E-state index in [0.717, 1.165) is 11.1 Å². The van der Waals surface area contributed by atoms with Gasteiger partial charge in [0.25, 0.3) is 5.89 Å². The Bertz CT molecular complexity index is 891. The van der Waals surface area contributed by atoms with E-state index in [0.29, 0.717) is 17.4 Å². The lowest BCUT2D eigenvalue weighted by atomic mass is 9.99. The van der Waals surface area contributed by atoms with Crippen molar-refractivity contribution in [2.24, 2.45) is 0 Å². The second kappa shape index (κ2) is 7.21. The smallest absolute Gasteiger partial charge is 0.437 e. The average molecular weight is 341 g/mol. The van der Waals surface area contributed by atoms with E-state index in [2.05, 4.69) is 24.3 Å². The quantitative estimate of drug-likeness (QED) is 0.743. The molecule has 1 amide bonds. The van der Waals surface area contributed by atoms with Gasteiger partial charge in [-0.3, -0.25) is 4.79 Å². The lowest BCUT2D eigenvalue weighted by Gasteiger charge is -2.10. The van der Waals surface area contributed by atoms with E-state index >= 15 is 0 Å². The summed E-state index contributed by atoms with van der Waals surface area (Å²) in [4.78, 5) is 23.9. The summed E-state index contributed by atoms with van der Waals surface area (Å²) < 4.78 is 11.1. The van der Waals surface area contributed by atoms with Crippen LogP contribution in [-0.2, 0) is 11.3 Å². The Labute approximate surface area is 144 Å². The van der Waals surface area contributed by atoms with E-state index in [1.807, 2.05) is 24.3 Å². The predicted molar refractivity (Wildman–Crippen MR) is 92.2 cm³/mol. The number of hydrogen-bond acceptors (Lipinski definition) is 5. The minimum Gasteiger partial charge on any atom is -0.459 e. The van der Waals surface area contributed by atoms with Crippen LogP contribution in [0.15, 0.2) is 56.3 Å². The Morgan fingerprint density at radius 1 is 1.28 bits per heavy atom. The van der Waals surface area contributed by atoms with Crippen LogP contribution in [0.4, 0.5) is 5.69 Å². The molecular formula is C18H19N3O4. The molecule has 1 aromatic carbocycles. The molecule has 130 valence electrons. The van der Waals surface area contributed by atoms with Gasteiger partial charge >= 0.3 is 5.76 Å². The summed E-state index contributed by atoms with van der Waals surface area (Å²) >= 11 is 0. The van der Waals surface area contributed by atoms with Gasteiger partial charge in [0.05, 0.1) is 6.26 Å². The van der Waals surface area contributed by atoms with E-state index in [-0.39, 0.29) is 18.3 Å². The predicted octanol–water partition coefficient (Wildman–Crippen LogP) is 3.25. The molecule has 25 heavy (non-hydrogen) atoms. The SMILES string of the molecule is CCC(C)c1ccc(NC(=O)Cn2nc(-c3ccco3)oc2=O)cc1. The Hall–Kier alpha value is -3.09. The number of carbonyl (C=O) groups excluding carboxylic acids is 1. The van der Waals surface area contributed by atoms with Crippen LogP contribution >= 0.6 is 0 Å². The summed E-state index contributed by atoms with van der Waals surface area (Å²) in [5.41, 5.74) is 1.89. The Morgan fingerprint density at radius 3 is 2.68 bits per heavy atom. The Kier molecular flexibility index (Phi) is 4.83. The van der Waals surface area contributed by atoms with Gasteiger partial charge in [0.15, 0.2) is 5.76 Å². The standard InChI is InChI=1S/C18H19N3O4/c1-3-12(2)13-6-8-14(9-7-13)19-16(22)11-21-18(23)25-17(20-21)15-5-4-10-24-15/h4-10,12H,3,11H2,1-2H3,(H,19,22). The van der Waals surface area contributed by atoms with Gasteiger partial charge in [-0.2, -0.15) is 4.68 Å². The number of benzene rings is 1. The summed E-state index contributed by atoms with van der Waals surface area (Å²) in [6, 6.07) is 10.9. The van der Waals surface area contributed by atoms with Crippen LogP contribution in [-0.4, -0.2) is 15.7 Å². The van der Waals surface area contributed by atoms with Crippen molar-refractivity contribution < 1.29 is 13.6 Å². The number of amides is 1. The van der Waals surface area contributed by atoms with Gasteiger partial charge in [-0.1, -0.05) is 26.0 Å². The van der Waals surface area contributed by atoms with Gasteiger partial charge in [0.1, 0.15) is 6.54 Å². The van der Waals surface area contributed by atoms with Crippen LogP contribution in [0.5, 0.6) is 0 Å². The highest BCUT2D eigenvalue weighted by Crippen LogP contribution is 2.20. The molecule has 0 aliphatic heterocycles. The second-order valence-corrected chi connectivity index (χ2v) is 5.79. The molecular weight excluding hydrogens is 322 g/mol. The third-order valence-corrected chi connectivity index (χ3v) is 4.01. The summed E-state index contributed by atoms with van der Waals surface area (Å²) in [7, 11) is 0. The zero-order valence-electron chi connectivity index (χ0n) is 14.1. The molecule has 3 aromatic rings. The lowest BCUT2D eigenvalue weighted by Crippen LogP contribution is -2.25. The maximum absolute atomic E-state index is 12.1. The molecule has 1 N–H and O–H groups in total. The van der Waals surface area contributed by atoms with Crippen LogP contribution < -0.4 is 11.1 Å². The average Bonchev–Trinajstić information content (AvgIpc) is 3.25. The number of carbonyl (C=O) groups is 1. The van der Waals surface area contributed by atoms with Crippen molar-refractivity contribution in [3.63, 3.8) is 0 Å². The number of nitrogens with zero attached hydrogens (tertiary/aromatic N) is 2. The summed E-state index contributed by atoms with van der Waals surface area (Å²) in [5, 5.41) is 6.71. The number of rotatable bonds is 6. The number of hydrogen-bond donors (Lipinski definition) is 1. The molecule has 0 aliphatic rings. The molecule has 0 radical (unpaired) electrons.